The fraction of sp³-hybridized carbons (Fsp3) is 0.263. The molecule has 0 aliphatic rings. The maximum Gasteiger partial charge on any atom is 0.272 e. The lowest BCUT2D eigenvalue weighted by Crippen LogP contribution is -2.41. The Morgan fingerprint density at radius 3 is 2.52 bits per heavy atom. The van der Waals surface area contributed by atoms with Gasteiger partial charge in [0, 0.05) is 6.20 Å². The molecule has 0 bridgehead atoms. The molecule has 3 aromatic rings. The van der Waals surface area contributed by atoms with E-state index in [1.54, 1.807) is 29.2 Å². The van der Waals surface area contributed by atoms with Crippen LogP contribution in [0.4, 0.5) is 4.39 Å². The maximum absolute atomic E-state index is 13.1. The Balaban J connectivity index is 1.85. The van der Waals surface area contributed by atoms with Crippen molar-refractivity contribution in [2.45, 2.75) is 26.3 Å². The van der Waals surface area contributed by atoms with Crippen molar-refractivity contribution in [1.29, 1.82) is 0 Å². The van der Waals surface area contributed by atoms with Crippen molar-refractivity contribution < 1.29 is 13.9 Å². The normalized spacial score (nSPS) is 11.3. The van der Waals surface area contributed by atoms with E-state index in [2.05, 4.69) is 20.3 Å². The van der Waals surface area contributed by atoms with Gasteiger partial charge in [-0.15, -0.1) is 0 Å². The average Bonchev–Trinajstić information content (AvgIpc) is 3.07. The molecule has 27 heavy (non-hydrogen) atoms. The topological polar surface area (TPSA) is 81.9 Å². The lowest BCUT2D eigenvalue weighted by Gasteiger charge is -2.26. The molecule has 7 nitrogen and oxygen atoms in total. The molecular formula is C19H20FN5O2. The highest BCUT2D eigenvalue weighted by Gasteiger charge is 2.25. The second-order valence-electron chi connectivity index (χ2n) is 6.60. The molecule has 0 aliphatic carbocycles. The number of aromatic nitrogens is 4. The van der Waals surface area contributed by atoms with Crippen LogP contribution in [-0.2, 0) is 5.54 Å². The van der Waals surface area contributed by atoms with Gasteiger partial charge in [-0.1, -0.05) is 12.1 Å². The van der Waals surface area contributed by atoms with Crippen LogP contribution in [0.3, 0.4) is 0 Å². The fourth-order valence-electron chi connectivity index (χ4n) is 2.61. The van der Waals surface area contributed by atoms with Gasteiger partial charge in [0.1, 0.15) is 12.1 Å². The van der Waals surface area contributed by atoms with Gasteiger partial charge in [-0.05, 0) is 38.5 Å². The zero-order valence-corrected chi connectivity index (χ0v) is 15.5. The predicted octanol–water partition coefficient (Wildman–Crippen LogP) is 2.78. The summed E-state index contributed by atoms with van der Waals surface area (Å²) in [6.07, 6.45) is 4.76. The molecule has 2 aromatic heterocycles. The number of methoxy groups -OCH3 is 1. The minimum absolute atomic E-state index is 0.114. The molecule has 0 atom stereocenters. The third kappa shape index (κ3) is 3.94. The Hall–Kier alpha value is -3.29. The SMILES string of the molecule is COc1nc(C(=O)NC(C)(C)c2ccc(F)cc2)cnc1-n1cnc(C)c1. The summed E-state index contributed by atoms with van der Waals surface area (Å²) in [5.74, 6) is -0.0997. The van der Waals surface area contributed by atoms with E-state index in [1.807, 2.05) is 20.8 Å². The first-order valence-electron chi connectivity index (χ1n) is 8.31. The summed E-state index contributed by atoms with van der Waals surface area (Å²) < 4.78 is 20.1. The van der Waals surface area contributed by atoms with Gasteiger partial charge in [0.2, 0.25) is 5.82 Å². The number of hydrogen-bond acceptors (Lipinski definition) is 5. The third-order valence-corrected chi connectivity index (χ3v) is 4.10. The van der Waals surface area contributed by atoms with E-state index in [1.165, 1.54) is 25.4 Å². The van der Waals surface area contributed by atoms with Crippen LogP contribution in [0.25, 0.3) is 5.82 Å². The van der Waals surface area contributed by atoms with Crippen LogP contribution in [0, 0.1) is 12.7 Å². The van der Waals surface area contributed by atoms with Gasteiger partial charge in [-0.3, -0.25) is 9.36 Å². The molecule has 0 saturated heterocycles. The molecule has 2 heterocycles. The predicted molar refractivity (Wildman–Crippen MR) is 97.3 cm³/mol. The van der Waals surface area contributed by atoms with Crippen LogP contribution in [0.15, 0.2) is 43.0 Å². The largest absolute Gasteiger partial charge is 0.478 e. The Kier molecular flexibility index (Phi) is 4.89. The van der Waals surface area contributed by atoms with E-state index >= 15 is 0 Å². The number of carbonyl (C=O) groups is 1. The summed E-state index contributed by atoms with van der Waals surface area (Å²) in [6.45, 7) is 5.51. The Labute approximate surface area is 156 Å². The highest BCUT2D eigenvalue weighted by Crippen LogP contribution is 2.22. The molecule has 0 unspecified atom stereocenters. The van der Waals surface area contributed by atoms with Crippen molar-refractivity contribution in [2.75, 3.05) is 7.11 Å². The molecule has 0 saturated carbocycles. The van der Waals surface area contributed by atoms with E-state index in [0.717, 1.165) is 11.3 Å². The summed E-state index contributed by atoms with van der Waals surface area (Å²) in [6, 6.07) is 5.97. The Morgan fingerprint density at radius 1 is 1.22 bits per heavy atom. The molecule has 140 valence electrons. The number of benzene rings is 1. The molecule has 0 aliphatic heterocycles. The van der Waals surface area contributed by atoms with E-state index < -0.39 is 11.4 Å². The van der Waals surface area contributed by atoms with Crippen LogP contribution in [0.2, 0.25) is 0 Å². The second kappa shape index (κ2) is 7.14. The number of amides is 1. The first kappa shape index (κ1) is 18.5. The first-order valence-corrected chi connectivity index (χ1v) is 8.31. The number of imidazole rings is 1. The summed E-state index contributed by atoms with van der Waals surface area (Å²) in [5.41, 5.74) is 0.979. The Morgan fingerprint density at radius 2 is 1.93 bits per heavy atom. The Bertz CT molecular complexity index is 966. The van der Waals surface area contributed by atoms with Crippen LogP contribution >= 0.6 is 0 Å². The number of rotatable bonds is 5. The first-order chi connectivity index (χ1) is 12.8. The fourth-order valence-corrected chi connectivity index (χ4v) is 2.61. The number of hydrogen-bond donors (Lipinski definition) is 1. The van der Waals surface area contributed by atoms with E-state index in [9.17, 15) is 9.18 Å². The highest BCUT2D eigenvalue weighted by molar-refractivity contribution is 5.92. The monoisotopic (exact) mass is 369 g/mol. The molecule has 8 heteroatoms. The third-order valence-electron chi connectivity index (χ3n) is 4.10. The van der Waals surface area contributed by atoms with E-state index in [-0.39, 0.29) is 17.4 Å². The second-order valence-corrected chi connectivity index (χ2v) is 6.60. The number of carbonyl (C=O) groups excluding carboxylic acids is 1. The van der Waals surface area contributed by atoms with Crippen molar-refractivity contribution in [3.63, 3.8) is 0 Å². The molecule has 3 rings (SSSR count). The standard InChI is InChI=1S/C19H20FN5O2/c1-12-10-25(11-22-12)16-18(27-4)23-15(9-21-16)17(26)24-19(2,3)13-5-7-14(20)8-6-13/h5-11H,1-4H3,(H,24,26). The van der Waals surface area contributed by atoms with Crippen LogP contribution in [-0.4, -0.2) is 32.5 Å². The van der Waals surface area contributed by atoms with Crippen molar-refractivity contribution in [2.24, 2.45) is 0 Å². The summed E-state index contributed by atoms with van der Waals surface area (Å²) in [7, 11) is 1.46. The van der Waals surface area contributed by atoms with Gasteiger partial charge in [-0.25, -0.2) is 19.3 Å². The lowest BCUT2D eigenvalue weighted by molar-refractivity contribution is 0.0905. The molecule has 0 spiro atoms. The van der Waals surface area contributed by atoms with Crippen LogP contribution in [0.1, 0.15) is 35.6 Å². The minimum Gasteiger partial charge on any atom is -0.478 e. The summed E-state index contributed by atoms with van der Waals surface area (Å²) in [4.78, 5) is 25.4. The highest BCUT2D eigenvalue weighted by atomic mass is 19.1. The number of aryl methyl sites for hydroxylation is 1. The van der Waals surface area contributed by atoms with Gasteiger partial charge in [0.25, 0.3) is 11.8 Å². The lowest BCUT2D eigenvalue weighted by atomic mass is 9.94. The number of ether oxygens (including phenoxy) is 1. The van der Waals surface area contributed by atoms with E-state index in [0.29, 0.717) is 5.82 Å². The zero-order chi connectivity index (χ0) is 19.6. The number of halogens is 1. The van der Waals surface area contributed by atoms with Gasteiger partial charge in [-0.2, -0.15) is 0 Å². The van der Waals surface area contributed by atoms with Crippen molar-refractivity contribution in [3.8, 4) is 11.7 Å². The molecule has 0 fully saturated rings. The van der Waals surface area contributed by atoms with Crippen molar-refractivity contribution in [3.05, 3.63) is 65.8 Å². The number of nitrogens with zero attached hydrogens (tertiary/aromatic N) is 4. The molecule has 1 N–H and O–H groups in total. The van der Waals surface area contributed by atoms with Crippen LogP contribution < -0.4 is 10.1 Å². The van der Waals surface area contributed by atoms with Gasteiger partial charge < -0.3 is 10.1 Å². The zero-order valence-electron chi connectivity index (χ0n) is 15.5. The summed E-state index contributed by atoms with van der Waals surface area (Å²) in [5, 5.41) is 2.88. The minimum atomic E-state index is -0.722. The van der Waals surface area contributed by atoms with Gasteiger partial charge in [0.05, 0.1) is 24.5 Å². The van der Waals surface area contributed by atoms with Crippen molar-refractivity contribution >= 4 is 5.91 Å². The smallest absolute Gasteiger partial charge is 0.272 e. The average molecular weight is 369 g/mol. The molecular weight excluding hydrogens is 349 g/mol. The number of nitrogens with one attached hydrogen (secondary N) is 1. The summed E-state index contributed by atoms with van der Waals surface area (Å²) >= 11 is 0. The molecule has 1 amide bonds. The maximum atomic E-state index is 13.1. The van der Waals surface area contributed by atoms with Crippen molar-refractivity contribution in [1.82, 2.24) is 24.8 Å². The van der Waals surface area contributed by atoms with Crippen LogP contribution in [0.5, 0.6) is 5.88 Å². The molecule has 1 aromatic carbocycles. The quantitative estimate of drug-likeness (QED) is 0.748. The van der Waals surface area contributed by atoms with E-state index in [4.69, 9.17) is 4.74 Å². The van der Waals surface area contributed by atoms with Gasteiger partial charge >= 0.3 is 0 Å². The molecule has 0 radical (unpaired) electrons. The van der Waals surface area contributed by atoms with Gasteiger partial charge in [0.15, 0.2) is 5.69 Å².